The van der Waals surface area contributed by atoms with Gasteiger partial charge in [0.05, 0.1) is 5.60 Å². The van der Waals surface area contributed by atoms with Crippen LogP contribution in [0.3, 0.4) is 0 Å². The zero-order valence-corrected chi connectivity index (χ0v) is 17.1. The Labute approximate surface area is 160 Å². The number of aryl methyl sites for hydroxylation is 2. The van der Waals surface area contributed by atoms with Crippen molar-refractivity contribution < 1.29 is 22.5 Å². The summed E-state index contributed by atoms with van der Waals surface area (Å²) in [5.74, 6) is 0.825. The number of carbonyl (C=O) groups is 1. The lowest BCUT2D eigenvalue weighted by Crippen LogP contribution is -2.51. The molecule has 9 heteroatoms. The molecule has 1 atom stereocenters. The topological polar surface area (TPSA) is 102 Å². The number of aromatic nitrogens is 1. The average molecular weight is 400 g/mol. The van der Waals surface area contributed by atoms with E-state index in [9.17, 15) is 13.2 Å². The van der Waals surface area contributed by atoms with Gasteiger partial charge in [0.1, 0.15) is 10.6 Å². The summed E-state index contributed by atoms with van der Waals surface area (Å²) in [6.07, 6.45) is 4.22. The van der Waals surface area contributed by atoms with Crippen LogP contribution in [0.5, 0.6) is 0 Å². The van der Waals surface area contributed by atoms with Crippen molar-refractivity contribution in [3.63, 3.8) is 0 Å². The highest BCUT2D eigenvalue weighted by molar-refractivity contribution is 7.89. The zero-order valence-electron chi connectivity index (χ0n) is 16.3. The van der Waals surface area contributed by atoms with Crippen molar-refractivity contribution in [2.75, 3.05) is 26.2 Å². The van der Waals surface area contributed by atoms with Crippen LogP contribution in [-0.2, 0) is 19.6 Å². The summed E-state index contributed by atoms with van der Waals surface area (Å²) < 4.78 is 38.6. The van der Waals surface area contributed by atoms with Gasteiger partial charge in [-0.15, -0.1) is 0 Å². The molecule has 1 N–H and O–H groups in total. The number of sulfonamides is 1. The maximum absolute atomic E-state index is 13.0. The average Bonchev–Trinajstić information content (AvgIpc) is 2.94. The largest absolute Gasteiger partial charge is 0.375 e. The highest BCUT2D eigenvalue weighted by atomic mass is 32.2. The van der Waals surface area contributed by atoms with Crippen LogP contribution in [0.1, 0.15) is 50.5 Å². The summed E-state index contributed by atoms with van der Waals surface area (Å²) in [7, 11) is -3.60. The van der Waals surface area contributed by atoms with Gasteiger partial charge in [-0.25, -0.2) is 8.42 Å². The van der Waals surface area contributed by atoms with Crippen molar-refractivity contribution in [3.8, 4) is 0 Å². The predicted octanol–water partition coefficient (Wildman–Crippen LogP) is 1.77. The van der Waals surface area contributed by atoms with Crippen LogP contribution < -0.4 is 5.32 Å². The molecule has 1 unspecified atom stereocenters. The van der Waals surface area contributed by atoms with Gasteiger partial charge in [0, 0.05) is 33.2 Å². The Balaban J connectivity index is 1.61. The molecule has 1 amide bonds. The lowest BCUT2D eigenvalue weighted by atomic mass is 9.79. The van der Waals surface area contributed by atoms with Crippen LogP contribution in [-0.4, -0.2) is 55.6 Å². The molecule has 0 saturated carbocycles. The van der Waals surface area contributed by atoms with Crippen molar-refractivity contribution in [3.05, 3.63) is 11.5 Å². The van der Waals surface area contributed by atoms with Crippen molar-refractivity contribution in [2.45, 2.75) is 63.4 Å². The van der Waals surface area contributed by atoms with Gasteiger partial charge in [-0.1, -0.05) is 5.16 Å². The first-order chi connectivity index (χ1) is 12.7. The first kappa shape index (κ1) is 20.3. The Kier molecular flexibility index (Phi) is 5.93. The fourth-order valence-electron chi connectivity index (χ4n) is 4.28. The minimum absolute atomic E-state index is 0.00499. The minimum atomic E-state index is -3.60. The Morgan fingerprint density at radius 2 is 2.04 bits per heavy atom. The van der Waals surface area contributed by atoms with Gasteiger partial charge in [0.15, 0.2) is 5.76 Å². The van der Waals surface area contributed by atoms with Crippen LogP contribution in [0.2, 0.25) is 0 Å². The number of nitrogens with one attached hydrogen (secondary N) is 1. The predicted molar refractivity (Wildman–Crippen MR) is 98.7 cm³/mol. The van der Waals surface area contributed by atoms with Crippen molar-refractivity contribution in [1.29, 1.82) is 0 Å². The molecule has 0 aliphatic carbocycles. The summed E-state index contributed by atoms with van der Waals surface area (Å²) in [5, 5.41) is 6.63. The van der Waals surface area contributed by atoms with Crippen LogP contribution >= 0.6 is 0 Å². The lowest BCUT2D eigenvalue weighted by Gasteiger charge is -2.45. The Hall–Kier alpha value is -1.45. The molecular formula is C18H29N3O5S. The van der Waals surface area contributed by atoms with Gasteiger partial charge >= 0.3 is 0 Å². The fourth-order valence-corrected chi connectivity index (χ4v) is 6.02. The number of carbonyl (C=O) groups excluding carboxylic acids is 1. The van der Waals surface area contributed by atoms with Crippen LogP contribution in [0.15, 0.2) is 9.42 Å². The van der Waals surface area contributed by atoms with E-state index in [-0.39, 0.29) is 16.4 Å². The molecule has 2 fully saturated rings. The summed E-state index contributed by atoms with van der Waals surface area (Å²) in [5.41, 5.74) is 0.156. The standard InChI is InChI=1S/C18H29N3O5S/c1-13-17(14(2)26-20-13)27(23,24)21-9-6-18(7-10-21)12-16(5-11-25-18)4-8-19-15(3)22/h16H,4-12H2,1-3H3,(H,19,22). The number of hydrogen-bond donors (Lipinski definition) is 1. The second-order valence-electron chi connectivity index (χ2n) is 7.72. The van der Waals surface area contributed by atoms with Gasteiger partial charge in [0.25, 0.3) is 0 Å². The molecule has 2 aliphatic heterocycles. The quantitative estimate of drug-likeness (QED) is 0.810. The Morgan fingerprint density at radius 3 is 2.63 bits per heavy atom. The van der Waals surface area contributed by atoms with Crippen molar-refractivity contribution in [1.82, 2.24) is 14.8 Å². The van der Waals surface area contributed by atoms with Crippen LogP contribution in [0.4, 0.5) is 0 Å². The molecule has 0 radical (unpaired) electrons. The second kappa shape index (κ2) is 7.89. The molecule has 1 aromatic rings. The van der Waals surface area contributed by atoms with Crippen LogP contribution in [0.25, 0.3) is 0 Å². The number of ether oxygens (including phenoxy) is 1. The molecule has 0 bridgehead atoms. The first-order valence-electron chi connectivity index (χ1n) is 9.55. The number of rotatable bonds is 5. The molecule has 152 valence electrons. The maximum atomic E-state index is 13.0. The van der Waals surface area contributed by atoms with Gasteiger partial charge < -0.3 is 14.6 Å². The third kappa shape index (κ3) is 4.35. The molecule has 1 aromatic heterocycles. The third-order valence-corrected chi connectivity index (χ3v) is 7.86. The van der Waals surface area contributed by atoms with Gasteiger partial charge in [-0.2, -0.15) is 4.31 Å². The molecule has 3 rings (SSSR count). The van der Waals surface area contributed by atoms with E-state index >= 15 is 0 Å². The molecule has 2 aliphatic rings. The molecule has 3 heterocycles. The van der Waals surface area contributed by atoms with Gasteiger partial charge in [-0.05, 0) is 51.9 Å². The van der Waals surface area contributed by atoms with E-state index in [1.54, 1.807) is 13.8 Å². The van der Waals surface area contributed by atoms with Crippen molar-refractivity contribution >= 4 is 15.9 Å². The van der Waals surface area contributed by atoms with E-state index in [0.717, 1.165) is 19.3 Å². The molecule has 0 aromatic carbocycles. The molecular weight excluding hydrogens is 370 g/mol. The highest BCUT2D eigenvalue weighted by Crippen LogP contribution is 2.40. The van der Waals surface area contributed by atoms with Crippen molar-refractivity contribution in [2.24, 2.45) is 5.92 Å². The maximum Gasteiger partial charge on any atom is 0.248 e. The van der Waals surface area contributed by atoms with Crippen LogP contribution in [0, 0.1) is 19.8 Å². The fraction of sp³-hybridized carbons (Fsp3) is 0.778. The second-order valence-corrected chi connectivity index (χ2v) is 9.59. The van der Waals surface area contributed by atoms with E-state index < -0.39 is 10.0 Å². The summed E-state index contributed by atoms with van der Waals surface area (Å²) in [6, 6.07) is 0. The lowest BCUT2D eigenvalue weighted by molar-refractivity contribution is -0.122. The smallest absolute Gasteiger partial charge is 0.248 e. The van der Waals surface area contributed by atoms with E-state index in [0.29, 0.717) is 56.5 Å². The molecule has 27 heavy (non-hydrogen) atoms. The Morgan fingerprint density at radius 1 is 1.33 bits per heavy atom. The van der Waals surface area contributed by atoms with E-state index in [1.807, 2.05) is 0 Å². The zero-order chi connectivity index (χ0) is 19.7. The third-order valence-electron chi connectivity index (χ3n) is 5.72. The number of hydrogen-bond acceptors (Lipinski definition) is 6. The normalized spacial score (nSPS) is 23.4. The number of piperidine rings is 1. The molecule has 1 spiro atoms. The summed E-state index contributed by atoms with van der Waals surface area (Å²) in [4.78, 5) is 11.2. The summed E-state index contributed by atoms with van der Waals surface area (Å²) in [6.45, 7) is 7.06. The van der Waals surface area contributed by atoms with E-state index in [2.05, 4.69) is 10.5 Å². The van der Waals surface area contributed by atoms with Gasteiger partial charge in [-0.3, -0.25) is 4.79 Å². The highest BCUT2D eigenvalue weighted by Gasteiger charge is 2.43. The molecule has 8 nitrogen and oxygen atoms in total. The SMILES string of the molecule is CC(=O)NCCC1CCOC2(CCN(S(=O)(=O)c3c(C)noc3C)CC2)C1. The minimum Gasteiger partial charge on any atom is -0.375 e. The van der Waals surface area contributed by atoms with Gasteiger partial charge in [0.2, 0.25) is 15.9 Å². The Bertz CT molecular complexity index is 761. The van der Waals surface area contributed by atoms with E-state index in [1.165, 1.54) is 11.2 Å². The summed E-state index contributed by atoms with van der Waals surface area (Å²) >= 11 is 0. The monoisotopic (exact) mass is 399 g/mol. The first-order valence-corrected chi connectivity index (χ1v) is 11.0. The number of amides is 1. The van der Waals surface area contributed by atoms with E-state index in [4.69, 9.17) is 9.26 Å². The number of nitrogens with zero attached hydrogens (tertiary/aromatic N) is 2. The molecule has 2 saturated heterocycles.